The average Bonchev–Trinajstić information content (AvgIpc) is 2.81. The average molecular weight is 344 g/mol. The Hall–Kier alpha value is -1.76. The van der Waals surface area contributed by atoms with Crippen molar-refractivity contribution in [3.63, 3.8) is 0 Å². The minimum atomic E-state index is -3.34. The van der Waals surface area contributed by atoms with Gasteiger partial charge >= 0.3 is 5.97 Å². The molecule has 4 nitrogen and oxygen atoms in total. The zero-order valence-electron chi connectivity index (χ0n) is 12.8. The Labute approximate surface area is 134 Å². The van der Waals surface area contributed by atoms with Crippen molar-refractivity contribution in [1.29, 1.82) is 0 Å². The highest BCUT2D eigenvalue weighted by Crippen LogP contribution is 2.34. The number of ether oxygens (including phenoxy) is 1. The van der Waals surface area contributed by atoms with E-state index in [2.05, 4.69) is 0 Å². The number of halogens is 2. The first-order chi connectivity index (χ1) is 10.7. The summed E-state index contributed by atoms with van der Waals surface area (Å²) >= 11 is 0. The Balaban J connectivity index is 2.34. The van der Waals surface area contributed by atoms with E-state index < -0.39 is 34.1 Å². The maximum atomic E-state index is 13.3. The molecule has 1 aromatic rings. The molecule has 1 aliphatic carbocycles. The molecule has 0 aliphatic heterocycles. The first-order valence-corrected chi connectivity index (χ1v) is 9.00. The number of rotatable bonds is 4. The molecule has 2 rings (SSSR count). The lowest BCUT2D eigenvalue weighted by molar-refractivity contribution is -0.133. The number of allylic oxidation sites excluding steroid dienone is 1. The van der Waals surface area contributed by atoms with Crippen molar-refractivity contribution >= 4 is 21.4 Å². The Bertz CT molecular complexity index is 700. The van der Waals surface area contributed by atoms with Gasteiger partial charge in [0, 0.05) is 6.26 Å². The predicted molar refractivity (Wildman–Crippen MR) is 82.1 cm³/mol. The summed E-state index contributed by atoms with van der Waals surface area (Å²) in [5.74, 6) is -1.03. The normalized spacial score (nSPS) is 25.4. The number of alkyl halides is 2. The molecule has 23 heavy (non-hydrogen) atoms. The summed E-state index contributed by atoms with van der Waals surface area (Å²) in [6.45, 7) is 0. The third-order valence-corrected chi connectivity index (χ3v) is 4.98. The molecule has 1 unspecified atom stereocenters. The highest BCUT2D eigenvalue weighted by atomic mass is 32.2. The smallest absolute Gasteiger partial charge is 0.338 e. The minimum absolute atomic E-state index is 0.0169. The molecule has 0 bridgehead atoms. The highest BCUT2D eigenvalue weighted by molar-refractivity contribution is 7.90. The van der Waals surface area contributed by atoms with Gasteiger partial charge in [0.25, 0.3) is 0 Å². The minimum Gasteiger partial charge on any atom is -0.465 e. The van der Waals surface area contributed by atoms with Crippen LogP contribution >= 0.6 is 0 Å². The summed E-state index contributed by atoms with van der Waals surface area (Å²) in [4.78, 5) is 12.1. The number of methoxy groups -OCH3 is 1. The van der Waals surface area contributed by atoms with Gasteiger partial charge in [-0.1, -0.05) is 18.2 Å². The molecular weight excluding hydrogens is 326 g/mol. The van der Waals surface area contributed by atoms with Crippen molar-refractivity contribution in [1.82, 2.24) is 0 Å². The van der Waals surface area contributed by atoms with Crippen LogP contribution in [0.1, 0.15) is 18.4 Å². The molecule has 126 valence electrons. The predicted octanol–water partition coefficient (Wildman–Crippen LogP) is 2.73. The molecule has 0 N–H and O–H groups in total. The van der Waals surface area contributed by atoms with Crippen LogP contribution in [0.2, 0.25) is 0 Å². The fourth-order valence-electron chi connectivity index (χ4n) is 2.62. The van der Waals surface area contributed by atoms with Crippen LogP contribution in [0.5, 0.6) is 0 Å². The van der Waals surface area contributed by atoms with Crippen LogP contribution in [0.4, 0.5) is 8.78 Å². The highest BCUT2D eigenvalue weighted by Gasteiger charge is 2.34. The van der Waals surface area contributed by atoms with Gasteiger partial charge in [-0.3, -0.25) is 0 Å². The van der Waals surface area contributed by atoms with Crippen molar-refractivity contribution in [2.24, 2.45) is 5.92 Å². The third-order valence-electron chi connectivity index (χ3n) is 3.85. The maximum Gasteiger partial charge on any atom is 0.338 e. The lowest BCUT2D eigenvalue weighted by atomic mass is 9.98. The summed E-state index contributed by atoms with van der Waals surface area (Å²) < 4.78 is 54.2. The van der Waals surface area contributed by atoms with E-state index in [0.717, 1.165) is 6.26 Å². The van der Waals surface area contributed by atoms with Crippen molar-refractivity contribution in [3.8, 4) is 0 Å². The van der Waals surface area contributed by atoms with Crippen LogP contribution in [0, 0.1) is 5.92 Å². The van der Waals surface area contributed by atoms with Gasteiger partial charge in [-0.2, -0.15) is 0 Å². The van der Waals surface area contributed by atoms with Gasteiger partial charge in [0.05, 0.1) is 17.6 Å². The lowest BCUT2D eigenvalue weighted by Crippen LogP contribution is -2.07. The van der Waals surface area contributed by atoms with E-state index >= 15 is 0 Å². The number of hydrogen-bond acceptors (Lipinski definition) is 4. The maximum absolute atomic E-state index is 13.3. The molecule has 1 fully saturated rings. The molecule has 0 amide bonds. The Kier molecular flexibility index (Phi) is 5.19. The van der Waals surface area contributed by atoms with E-state index in [4.69, 9.17) is 4.74 Å². The van der Waals surface area contributed by atoms with Crippen molar-refractivity contribution in [2.75, 3.05) is 13.4 Å². The van der Waals surface area contributed by atoms with Crippen LogP contribution in [0.3, 0.4) is 0 Å². The Morgan fingerprint density at radius 3 is 2.13 bits per heavy atom. The zero-order chi connectivity index (χ0) is 17.2. The Morgan fingerprint density at radius 1 is 1.17 bits per heavy atom. The molecule has 3 atom stereocenters. The molecular formula is C16H18F2O4S. The molecule has 1 aromatic carbocycles. The van der Waals surface area contributed by atoms with Crippen LogP contribution in [0.15, 0.2) is 35.2 Å². The van der Waals surface area contributed by atoms with Crippen molar-refractivity contribution < 1.29 is 26.7 Å². The number of benzene rings is 1. The quantitative estimate of drug-likeness (QED) is 0.622. The second-order valence-electron chi connectivity index (χ2n) is 5.63. The van der Waals surface area contributed by atoms with E-state index in [-0.39, 0.29) is 23.3 Å². The third kappa shape index (κ3) is 4.16. The molecule has 0 spiro atoms. The SMILES string of the molecule is COC(=O)C(=CC1C[C@@H](F)[C@@H](F)C1)c1ccc(S(C)(=O)=O)cc1. The van der Waals surface area contributed by atoms with Gasteiger partial charge in [-0.25, -0.2) is 22.0 Å². The van der Waals surface area contributed by atoms with Crippen LogP contribution in [-0.2, 0) is 19.4 Å². The molecule has 1 saturated carbocycles. The van der Waals surface area contributed by atoms with E-state index in [0.29, 0.717) is 5.56 Å². The number of carbonyl (C=O) groups excluding carboxylic acids is 1. The zero-order valence-corrected chi connectivity index (χ0v) is 13.6. The van der Waals surface area contributed by atoms with Gasteiger partial charge < -0.3 is 4.74 Å². The number of carbonyl (C=O) groups is 1. The fourth-order valence-corrected chi connectivity index (χ4v) is 3.25. The van der Waals surface area contributed by atoms with Gasteiger partial charge in [-0.15, -0.1) is 0 Å². The largest absolute Gasteiger partial charge is 0.465 e. The van der Waals surface area contributed by atoms with Crippen molar-refractivity contribution in [3.05, 3.63) is 35.9 Å². The standard InChI is InChI=1S/C16H18F2O4S/c1-22-16(19)13(7-10-8-14(17)15(18)9-10)11-3-5-12(6-4-11)23(2,20)21/h3-7,10,14-15H,8-9H2,1-2H3/t10?,14-,15+. The van der Waals surface area contributed by atoms with Gasteiger partial charge in [0.1, 0.15) is 12.3 Å². The topological polar surface area (TPSA) is 60.4 Å². The van der Waals surface area contributed by atoms with Gasteiger partial charge in [-0.05, 0) is 36.5 Å². The first-order valence-electron chi connectivity index (χ1n) is 7.11. The van der Waals surface area contributed by atoms with Crippen molar-refractivity contribution in [2.45, 2.75) is 30.1 Å². The number of sulfone groups is 1. The van der Waals surface area contributed by atoms with Crippen LogP contribution < -0.4 is 0 Å². The molecule has 1 aliphatic rings. The lowest BCUT2D eigenvalue weighted by Gasteiger charge is -2.10. The summed E-state index contributed by atoms with van der Waals surface area (Å²) in [5, 5.41) is 0. The van der Waals surface area contributed by atoms with E-state index in [1.54, 1.807) is 0 Å². The van der Waals surface area contributed by atoms with Crippen LogP contribution in [-0.4, -0.2) is 40.1 Å². The molecule has 7 heteroatoms. The molecule has 0 aromatic heterocycles. The molecule has 0 saturated heterocycles. The summed E-state index contributed by atoms with van der Waals surface area (Å²) in [7, 11) is -2.13. The fraction of sp³-hybridized carbons (Fsp3) is 0.438. The van der Waals surface area contributed by atoms with E-state index in [9.17, 15) is 22.0 Å². The number of hydrogen-bond donors (Lipinski definition) is 0. The Morgan fingerprint density at radius 2 is 1.70 bits per heavy atom. The van der Waals surface area contributed by atoms with E-state index in [1.807, 2.05) is 0 Å². The van der Waals surface area contributed by atoms with Crippen LogP contribution in [0.25, 0.3) is 5.57 Å². The molecule has 0 radical (unpaired) electrons. The second kappa shape index (κ2) is 6.78. The molecule has 0 heterocycles. The monoisotopic (exact) mass is 344 g/mol. The van der Waals surface area contributed by atoms with Gasteiger partial charge in [0.2, 0.25) is 0 Å². The summed E-state index contributed by atoms with van der Waals surface area (Å²) in [6, 6.07) is 5.72. The number of esters is 1. The first kappa shape index (κ1) is 17.6. The second-order valence-corrected chi connectivity index (χ2v) is 7.65. The van der Waals surface area contributed by atoms with E-state index in [1.165, 1.54) is 37.5 Å². The van der Waals surface area contributed by atoms with Gasteiger partial charge in [0.15, 0.2) is 9.84 Å². The summed E-state index contributed by atoms with van der Waals surface area (Å²) in [6.07, 6.45) is -0.425. The summed E-state index contributed by atoms with van der Waals surface area (Å²) in [5.41, 5.74) is 0.626.